The van der Waals surface area contributed by atoms with E-state index in [0.717, 1.165) is 18.4 Å². The van der Waals surface area contributed by atoms with Crippen LogP contribution in [0.4, 0.5) is 0 Å². The highest BCUT2D eigenvalue weighted by Gasteiger charge is 2.08. The Morgan fingerprint density at radius 1 is 0.581 bits per heavy atom. The summed E-state index contributed by atoms with van der Waals surface area (Å²) >= 11 is 0. The summed E-state index contributed by atoms with van der Waals surface area (Å²) in [6.07, 6.45) is 1.91. The third kappa shape index (κ3) is 5.49. The van der Waals surface area contributed by atoms with Crippen LogP contribution >= 0.6 is 0 Å². The molecule has 4 rings (SSSR count). The first-order valence-electron chi connectivity index (χ1n) is 10.6. The van der Waals surface area contributed by atoms with Crippen molar-refractivity contribution in [1.29, 1.82) is 0 Å². The molecule has 0 atom stereocenters. The number of benzene rings is 4. The number of carbonyl (C=O) groups excluding carboxylic acids is 1. The molecular formula is C29H26O2. The van der Waals surface area contributed by atoms with Crippen LogP contribution in [0.2, 0.25) is 0 Å². The second-order valence-electron chi connectivity index (χ2n) is 7.96. The van der Waals surface area contributed by atoms with Gasteiger partial charge in [-0.2, -0.15) is 0 Å². The van der Waals surface area contributed by atoms with Crippen molar-refractivity contribution in [3.63, 3.8) is 0 Å². The second-order valence-corrected chi connectivity index (χ2v) is 7.96. The zero-order valence-corrected chi connectivity index (χ0v) is 18.0. The van der Waals surface area contributed by atoms with E-state index in [0.29, 0.717) is 11.3 Å². The van der Waals surface area contributed by atoms with Gasteiger partial charge in [-0.15, -0.1) is 0 Å². The Balaban J connectivity index is 1.32. The molecule has 0 saturated carbocycles. The molecule has 4 aromatic rings. The number of carbonyl (C=O) groups is 1. The van der Waals surface area contributed by atoms with Gasteiger partial charge in [0.25, 0.3) is 0 Å². The van der Waals surface area contributed by atoms with Gasteiger partial charge in [0.15, 0.2) is 0 Å². The summed E-state index contributed by atoms with van der Waals surface area (Å²) in [5.41, 5.74) is 7.96. The molecule has 0 fully saturated rings. The minimum absolute atomic E-state index is 0.332. The van der Waals surface area contributed by atoms with Gasteiger partial charge in [0, 0.05) is 0 Å². The molecule has 0 N–H and O–H groups in total. The third-order valence-corrected chi connectivity index (χ3v) is 5.46. The van der Waals surface area contributed by atoms with E-state index < -0.39 is 0 Å². The molecule has 0 saturated heterocycles. The average molecular weight is 407 g/mol. The van der Waals surface area contributed by atoms with E-state index in [1.807, 2.05) is 43.3 Å². The number of ether oxygens (including phenoxy) is 1. The highest BCUT2D eigenvalue weighted by atomic mass is 16.5. The first-order valence-corrected chi connectivity index (χ1v) is 10.6. The van der Waals surface area contributed by atoms with Crippen LogP contribution in [-0.4, -0.2) is 5.97 Å². The van der Waals surface area contributed by atoms with Gasteiger partial charge in [0.2, 0.25) is 0 Å². The maximum Gasteiger partial charge on any atom is 0.343 e. The van der Waals surface area contributed by atoms with Gasteiger partial charge < -0.3 is 4.74 Å². The average Bonchev–Trinajstić information content (AvgIpc) is 2.80. The maximum atomic E-state index is 12.2. The number of hydrogen-bond donors (Lipinski definition) is 0. The van der Waals surface area contributed by atoms with Gasteiger partial charge in [-0.3, -0.25) is 0 Å². The highest BCUT2D eigenvalue weighted by molar-refractivity contribution is 5.91. The quantitative estimate of drug-likeness (QED) is 0.255. The summed E-state index contributed by atoms with van der Waals surface area (Å²) < 4.78 is 5.48. The molecule has 0 amide bonds. The number of hydrogen-bond acceptors (Lipinski definition) is 2. The van der Waals surface area contributed by atoms with E-state index in [4.69, 9.17) is 4.74 Å². The summed E-state index contributed by atoms with van der Waals surface area (Å²) in [6, 6.07) is 32.6. The Morgan fingerprint density at radius 3 is 1.52 bits per heavy atom. The zero-order valence-electron chi connectivity index (χ0n) is 18.0. The first kappa shape index (κ1) is 20.6. The second kappa shape index (κ2) is 9.44. The van der Waals surface area contributed by atoms with Crippen LogP contribution < -0.4 is 4.74 Å². The topological polar surface area (TPSA) is 26.3 Å². The van der Waals surface area contributed by atoms with E-state index in [-0.39, 0.29) is 5.97 Å². The smallest absolute Gasteiger partial charge is 0.343 e. The van der Waals surface area contributed by atoms with Crippen molar-refractivity contribution in [2.75, 3.05) is 0 Å². The lowest BCUT2D eigenvalue weighted by atomic mass is 10.00. The monoisotopic (exact) mass is 406 g/mol. The van der Waals surface area contributed by atoms with Crippen molar-refractivity contribution in [3.05, 3.63) is 125 Å². The molecule has 0 aliphatic rings. The summed E-state index contributed by atoms with van der Waals surface area (Å²) in [5.74, 6) is 0.234. The molecule has 4 aromatic carbocycles. The highest BCUT2D eigenvalue weighted by Crippen LogP contribution is 2.21. The van der Waals surface area contributed by atoms with Crippen molar-refractivity contribution in [2.24, 2.45) is 0 Å². The molecule has 0 unspecified atom stereocenters. The van der Waals surface area contributed by atoms with Crippen molar-refractivity contribution in [1.82, 2.24) is 0 Å². The van der Waals surface area contributed by atoms with Crippen LogP contribution in [0.3, 0.4) is 0 Å². The van der Waals surface area contributed by atoms with Crippen LogP contribution in [-0.2, 0) is 12.8 Å². The Morgan fingerprint density at radius 2 is 1.00 bits per heavy atom. The first-order chi connectivity index (χ1) is 15.1. The molecule has 0 spiro atoms. The molecule has 0 aliphatic heterocycles. The third-order valence-electron chi connectivity index (χ3n) is 5.46. The minimum Gasteiger partial charge on any atom is -0.423 e. The van der Waals surface area contributed by atoms with Crippen LogP contribution in [0.25, 0.3) is 11.1 Å². The summed E-state index contributed by atoms with van der Waals surface area (Å²) in [5, 5.41) is 0. The van der Waals surface area contributed by atoms with Gasteiger partial charge in [0.1, 0.15) is 5.75 Å². The predicted octanol–water partition coefficient (Wildman–Crippen LogP) is 6.97. The lowest BCUT2D eigenvalue weighted by Crippen LogP contribution is -2.08. The van der Waals surface area contributed by atoms with E-state index in [9.17, 15) is 4.79 Å². The molecule has 2 nitrogen and oxygen atoms in total. The molecule has 2 heteroatoms. The summed E-state index contributed by atoms with van der Waals surface area (Å²) in [7, 11) is 0. The van der Waals surface area contributed by atoms with Crippen LogP contribution in [0, 0.1) is 13.8 Å². The number of esters is 1. The van der Waals surface area contributed by atoms with Gasteiger partial charge in [-0.25, -0.2) is 4.79 Å². The van der Waals surface area contributed by atoms with Crippen LogP contribution in [0.1, 0.15) is 32.6 Å². The van der Waals surface area contributed by atoms with E-state index in [2.05, 4.69) is 55.5 Å². The number of rotatable bonds is 6. The fraction of sp³-hybridized carbons (Fsp3) is 0.138. The number of aryl methyl sites for hydroxylation is 4. The molecule has 0 bridgehead atoms. The molecule has 31 heavy (non-hydrogen) atoms. The normalized spacial score (nSPS) is 10.6. The fourth-order valence-corrected chi connectivity index (χ4v) is 3.48. The Labute approximate surface area is 184 Å². The SMILES string of the molecule is Cc1ccc(C(=O)Oc2ccc(CCc3ccc(-c4ccc(C)cc4)cc3)cc2)cc1. The van der Waals surface area contributed by atoms with Gasteiger partial charge >= 0.3 is 5.97 Å². The largest absolute Gasteiger partial charge is 0.423 e. The van der Waals surface area contributed by atoms with Crippen molar-refractivity contribution in [3.8, 4) is 16.9 Å². The zero-order chi connectivity index (χ0) is 21.6. The summed E-state index contributed by atoms with van der Waals surface area (Å²) in [6.45, 7) is 4.10. The molecule has 0 heterocycles. The lowest BCUT2D eigenvalue weighted by Gasteiger charge is -2.07. The molecule has 154 valence electrons. The Bertz CT molecular complexity index is 1140. The van der Waals surface area contributed by atoms with E-state index in [1.165, 1.54) is 27.8 Å². The van der Waals surface area contributed by atoms with Crippen molar-refractivity contribution in [2.45, 2.75) is 26.7 Å². The van der Waals surface area contributed by atoms with Gasteiger partial charge in [-0.05, 0) is 73.2 Å². The lowest BCUT2D eigenvalue weighted by molar-refractivity contribution is 0.0734. The Hall–Kier alpha value is -3.65. The molecule has 0 radical (unpaired) electrons. The van der Waals surface area contributed by atoms with Crippen molar-refractivity contribution >= 4 is 5.97 Å². The maximum absolute atomic E-state index is 12.2. The minimum atomic E-state index is -0.332. The van der Waals surface area contributed by atoms with Gasteiger partial charge in [-0.1, -0.05) is 83.9 Å². The van der Waals surface area contributed by atoms with Crippen LogP contribution in [0.15, 0.2) is 97.1 Å². The predicted molar refractivity (Wildman–Crippen MR) is 127 cm³/mol. The summed E-state index contributed by atoms with van der Waals surface area (Å²) in [4.78, 5) is 12.2. The van der Waals surface area contributed by atoms with E-state index >= 15 is 0 Å². The van der Waals surface area contributed by atoms with Crippen LogP contribution in [0.5, 0.6) is 5.75 Å². The Kier molecular flexibility index (Phi) is 6.28. The van der Waals surface area contributed by atoms with Crippen molar-refractivity contribution < 1.29 is 9.53 Å². The standard InChI is InChI=1S/C29H26O2/c1-21-3-13-25(14-4-21)26-17-9-23(10-18-26)7-8-24-11-19-28(20-12-24)31-29(30)27-15-5-22(2)6-16-27/h3-6,9-20H,7-8H2,1-2H3. The molecule has 0 aromatic heterocycles. The fourth-order valence-electron chi connectivity index (χ4n) is 3.48. The molecular weight excluding hydrogens is 380 g/mol. The van der Waals surface area contributed by atoms with E-state index in [1.54, 1.807) is 12.1 Å². The van der Waals surface area contributed by atoms with Gasteiger partial charge in [0.05, 0.1) is 5.56 Å². The molecule has 0 aliphatic carbocycles.